The van der Waals surface area contributed by atoms with Gasteiger partial charge in [-0.25, -0.2) is 0 Å². The number of allylic oxidation sites excluding steroid dienone is 8. The third-order valence-electron chi connectivity index (χ3n) is 10.2. The van der Waals surface area contributed by atoms with Gasteiger partial charge in [0.1, 0.15) is 0 Å². The Bertz CT molecular complexity index is 2520. The number of hydrogen-bond acceptors (Lipinski definition) is 1. The number of hydrogen-bond donors (Lipinski definition) is 1. The van der Waals surface area contributed by atoms with Gasteiger partial charge < -0.3 is 9.88 Å². The fraction of sp³-hybridized carbons (Fsp3) is 0.0980. The first kappa shape index (κ1) is 33.7. The van der Waals surface area contributed by atoms with Crippen LogP contribution in [0.3, 0.4) is 0 Å². The van der Waals surface area contributed by atoms with Crippen molar-refractivity contribution in [2.45, 2.75) is 32.6 Å². The molecule has 8 rings (SSSR count). The summed E-state index contributed by atoms with van der Waals surface area (Å²) in [6.07, 6.45) is 19.4. The van der Waals surface area contributed by atoms with E-state index in [-0.39, 0.29) is 0 Å². The summed E-state index contributed by atoms with van der Waals surface area (Å²) in [5.41, 5.74) is 15.8. The fourth-order valence-electron chi connectivity index (χ4n) is 7.56. The number of fused-ring (bicyclic) bond motifs is 3. The zero-order chi connectivity index (χ0) is 36.0. The minimum absolute atomic E-state index is 0.875. The Kier molecular flexibility index (Phi) is 9.85. The third kappa shape index (κ3) is 7.36. The van der Waals surface area contributed by atoms with Gasteiger partial charge in [0.25, 0.3) is 0 Å². The van der Waals surface area contributed by atoms with Gasteiger partial charge in [-0.05, 0) is 114 Å². The number of aromatic nitrogens is 1. The maximum atomic E-state index is 4.05. The molecule has 2 nitrogen and oxygen atoms in total. The molecule has 53 heavy (non-hydrogen) atoms. The third-order valence-corrected chi connectivity index (χ3v) is 10.2. The monoisotopic (exact) mass is 684 g/mol. The molecule has 0 bridgehead atoms. The lowest BCUT2D eigenvalue weighted by Crippen LogP contribution is -2.16. The van der Waals surface area contributed by atoms with Crippen LogP contribution < -0.4 is 4.90 Å². The fourth-order valence-corrected chi connectivity index (χ4v) is 7.56. The largest absolute Gasteiger partial charge is 0.354 e. The standard InChI is InChI=1S/C51H44N2/c1-3-15-44(23-13-18-38-16-6-4-7-17-38)53(45-21-8-5-9-22-45)50-33-32-42(34-37(50)2)41-30-28-39(29-31-41)35-40-19-12-20-43(36-40)46-25-14-26-48-47-24-10-11-27-49(47)52-51(46)48/h3,5-6,8-17,19-34,36,52H,1,4,7,18,35H2,2H3/b23-13-,44-15+. The molecule has 1 aromatic heterocycles. The van der Waals surface area contributed by atoms with Gasteiger partial charge in [-0.1, -0.05) is 146 Å². The van der Waals surface area contributed by atoms with Crippen LogP contribution in [0.5, 0.6) is 0 Å². The highest BCUT2D eigenvalue weighted by molar-refractivity contribution is 6.11. The topological polar surface area (TPSA) is 19.0 Å². The molecule has 0 saturated heterocycles. The second-order valence-electron chi connectivity index (χ2n) is 13.8. The summed E-state index contributed by atoms with van der Waals surface area (Å²) in [6.45, 7) is 6.26. The van der Waals surface area contributed by atoms with E-state index in [1.807, 2.05) is 6.08 Å². The summed E-state index contributed by atoms with van der Waals surface area (Å²) in [5, 5.41) is 2.53. The van der Waals surface area contributed by atoms with Crippen LogP contribution in [0, 0.1) is 6.92 Å². The van der Waals surface area contributed by atoms with Crippen LogP contribution in [-0.2, 0) is 6.42 Å². The van der Waals surface area contributed by atoms with Crippen LogP contribution in [0.4, 0.5) is 11.4 Å². The van der Waals surface area contributed by atoms with E-state index in [0.29, 0.717) is 0 Å². The number of benzene rings is 6. The lowest BCUT2D eigenvalue weighted by atomic mass is 9.96. The van der Waals surface area contributed by atoms with Gasteiger partial charge in [-0.2, -0.15) is 0 Å². The molecule has 258 valence electrons. The lowest BCUT2D eigenvalue weighted by molar-refractivity contribution is 1.00. The summed E-state index contributed by atoms with van der Waals surface area (Å²) in [7, 11) is 0. The number of nitrogens with one attached hydrogen (secondary N) is 1. The van der Waals surface area contributed by atoms with Crippen LogP contribution in [-0.4, -0.2) is 4.98 Å². The van der Waals surface area contributed by atoms with Crippen molar-refractivity contribution in [3.05, 3.63) is 217 Å². The highest BCUT2D eigenvalue weighted by Gasteiger charge is 2.16. The van der Waals surface area contributed by atoms with Gasteiger partial charge in [0.15, 0.2) is 0 Å². The Morgan fingerprint density at radius 2 is 1.51 bits per heavy atom. The molecule has 0 radical (unpaired) electrons. The molecule has 0 amide bonds. The van der Waals surface area contributed by atoms with Crippen LogP contribution in [0.25, 0.3) is 44.1 Å². The Hall–Kier alpha value is -6.38. The average Bonchev–Trinajstić information content (AvgIpc) is 3.59. The first-order valence-electron chi connectivity index (χ1n) is 18.6. The molecule has 1 N–H and O–H groups in total. The highest BCUT2D eigenvalue weighted by atomic mass is 15.1. The van der Waals surface area contributed by atoms with Crippen LogP contribution >= 0.6 is 0 Å². The van der Waals surface area contributed by atoms with Crippen molar-refractivity contribution in [3.8, 4) is 22.3 Å². The molecular formula is C51H44N2. The second-order valence-corrected chi connectivity index (χ2v) is 13.8. The molecule has 0 aliphatic heterocycles. The summed E-state index contributed by atoms with van der Waals surface area (Å²) < 4.78 is 0. The molecule has 0 saturated carbocycles. The van der Waals surface area contributed by atoms with Crippen LogP contribution in [0.2, 0.25) is 0 Å². The molecule has 1 heterocycles. The number of para-hydroxylation sites is 3. The molecule has 0 unspecified atom stereocenters. The van der Waals surface area contributed by atoms with E-state index in [9.17, 15) is 0 Å². The maximum absolute atomic E-state index is 4.05. The van der Waals surface area contributed by atoms with Gasteiger partial charge in [-0.3, -0.25) is 0 Å². The van der Waals surface area contributed by atoms with E-state index >= 15 is 0 Å². The number of H-pyrrole nitrogens is 1. The zero-order valence-corrected chi connectivity index (χ0v) is 30.3. The SMILES string of the molecule is C=C/C=C(\C=C/CC1=CCCC=C1)N(c1ccccc1)c1ccc(-c2ccc(Cc3cccc(-c4cccc5c4[nH]c4ccccc45)c3)cc2)cc1C. The van der Waals surface area contributed by atoms with Crippen molar-refractivity contribution in [2.24, 2.45) is 0 Å². The Balaban J connectivity index is 1.03. The minimum Gasteiger partial charge on any atom is -0.354 e. The van der Waals surface area contributed by atoms with Crippen LogP contribution in [0.15, 0.2) is 200 Å². The van der Waals surface area contributed by atoms with Crippen molar-refractivity contribution >= 4 is 33.2 Å². The van der Waals surface area contributed by atoms with Gasteiger partial charge in [0.2, 0.25) is 0 Å². The van der Waals surface area contributed by atoms with Gasteiger partial charge >= 0.3 is 0 Å². The molecular weight excluding hydrogens is 641 g/mol. The molecule has 1 aliphatic carbocycles. The summed E-state index contributed by atoms with van der Waals surface area (Å²) in [5.74, 6) is 0. The minimum atomic E-state index is 0.875. The first-order valence-corrected chi connectivity index (χ1v) is 18.6. The van der Waals surface area contributed by atoms with E-state index in [4.69, 9.17) is 0 Å². The Morgan fingerprint density at radius 3 is 2.32 bits per heavy atom. The van der Waals surface area contributed by atoms with E-state index in [1.165, 1.54) is 66.3 Å². The summed E-state index contributed by atoms with van der Waals surface area (Å²) in [6, 6.07) is 50.6. The predicted molar refractivity (Wildman–Crippen MR) is 228 cm³/mol. The molecule has 0 spiro atoms. The molecule has 1 aliphatic rings. The number of anilines is 2. The second kappa shape index (κ2) is 15.5. The number of rotatable bonds is 11. The first-order chi connectivity index (χ1) is 26.1. The van der Waals surface area contributed by atoms with Crippen LogP contribution in [0.1, 0.15) is 36.0 Å². The van der Waals surface area contributed by atoms with E-state index in [1.54, 1.807) is 0 Å². The number of aryl methyl sites for hydroxylation is 1. The quantitative estimate of drug-likeness (QED) is 0.134. The Morgan fingerprint density at radius 1 is 0.717 bits per heavy atom. The zero-order valence-electron chi connectivity index (χ0n) is 30.3. The number of nitrogens with zero attached hydrogens (tertiary/aromatic N) is 1. The van der Waals surface area contributed by atoms with E-state index in [0.717, 1.165) is 42.8 Å². The lowest BCUT2D eigenvalue weighted by Gasteiger charge is -2.28. The van der Waals surface area contributed by atoms with Crippen molar-refractivity contribution in [1.82, 2.24) is 4.98 Å². The summed E-state index contributed by atoms with van der Waals surface area (Å²) >= 11 is 0. The molecule has 0 atom stereocenters. The molecule has 2 heteroatoms. The normalized spacial score (nSPS) is 13.2. The average molecular weight is 685 g/mol. The van der Waals surface area contributed by atoms with E-state index < -0.39 is 0 Å². The van der Waals surface area contributed by atoms with Gasteiger partial charge in [0, 0.05) is 38.9 Å². The molecule has 6 aromatic carbocycles. The van der Waals surface area contributed by atoms with Crippen molar-refractivity contribution in [1.29, 1.82) is 0 Å². The predicted octanol–water partition coefficient (Wildman–Crippen LogP) is 14.0. The van der Waals surface area contributed by atoms with Gasteiger partial charge in [0.05, 0.1) is 5.52 Å². The van der Waals surface area contributed by atoms with Crippen molar-refractivity contribution in [2.75, 3.05) is 4.90 Å². The molecule has 0 fully saturated rings. The smallest absolute Gasteiger partial charge is 0.0544 e. The Labute approximate surface area is 313 Å². The van der Waals surface area contributed by atoms with Crippen molar-refractivity contribution in [3.63, 3.8) is 0 Å². The highest BCUT2D eigenvalue weighted by Crippen LogP contribution is 2.37. The van der Waals surface area contributed by atoms with E-state index in [2.05, 4.69) is 199 Å². The molecule has 7 aromatic rings. The summed E-state index contributed by atoms with van der Waals surface area (Å²) in [4.78, 5) is 6.00. The maximum Gasteiger partial charge on any atom is 0.0544 e. The number of aromatic amines is 1. The van der Waals surface area contributed by atoms with Gasteiger partial charge in [-0.15, -0.1) is 0 Å². The van der Waals surface area contributed by atoms with Crippen molar-refractivity contribution < 1.29 is 0 Å².